The highest BCUT2D eigenvalue weighted by Crippen LogP contribution is 2.22. The van der Waals surface area contributed by atoms with Gasteiger partial charge in [0, 0.05) is 0 Å². The van der Waals surface area contributed by atoms with Crippen LogP contribution in [-0.4, -0.2) is 28.3 Å². The van der Waals surface area contributed by atoms with Gasteiger partial charge in [-0.3, -0.25) is 14.9 Å². The zero-order valence-electron chi connectivity index (χ0n) is 10.5. The third-order valence-electron chi connectivity index (χ3n) is 2.28. The minimum Gasteiger partial charge on any atom is -0.476 e. The summed E-state index contributed by atoms with van der Waals surface area (Å²) in [6, 6.07) is 6.01. The van der Waals surface area contributed by atoms with Crippen molar-refractivity contribution in [1.29, 1.82) is 0 Å². The van der Waals surface area contributed by atoms with Gasteiger partial charge in [-0.25, -0.2) is 0 Å². The van der Waals surface area contributed by atoms with Crippen molar-refractivity contribution in [3.63, 3.8) is 0 Å². The molecule has 0 fully saturated rings. The van der Waals surface area contributed by atoms with Crippen LogP contribution in [0.25, 0.3) is 0 Å². The minimum atomic E-state index is -0.718. The molecule has 9 heteroatoms. The fraction of sp³-hybridized carbons (Fsp3) is 0.0833. The van der Waals surface area contributed by atoms with Crippen molar-refractivity contribution in [1.82, 2.24) is 10.3 Å². The van der Waals surface area contributed by atoms with Crippen molar-refractivity contribution in [3.8, 4) is 5.75 Å². The molecule has 2 aromatic rings. The Balaban J connectivity index is 1.93. The zero-order chi connectivity index (χ0) is 15.2. The molecule has 1 N–H and O–H groups in total. The molecule has 0 aliphatic carbocycles. The van der Waals surface area contributed by atoms with E-state index in [1.165, 1.54) is 29.7 Å². The number of hydrogen-bond donors (Lipinski definition) is 1. The van der Waals surface area contributed by atoms with Gasteiger partial charge in [-0.1, -0.05) is 6.07 Å². The molecule has 108 valence electrons. The summed E-state index contributed by atoms with van der Waals surface area (Å²) in [5, 5.41) is 14.5. The first-order valence-corrected chi connectivity index (χ1v) is 6.56. The van der Waals surface area contributed by atoms with Crippen LogP contribution in [0.15, 0.2) is 35.8 Å². The highest BCUT2D eigenvalue weighted by Gasteiger charge is 2.17. The molecule has 0 saturated carbocycles. The summed E-state index contributed by atoms with van der Waals surface area (Å²) in [5.41, 5.74) is 0. The van der Waals surface area contributed by atoms with Crippen molar-refractivity contribution >= 4 is 29.0 Å². The van der Waals surface area contributed by atoms with E-state index >= 15 is 0 Å². The smallest absolute Gasteiger partial charge is 0.406 e. The van der Waals surface area contributed by atoms with Gasteiger partial charge in [0.25, 0.3) is 11.8 Å². The third kappa shape index (κ3) is 3.83. The SMILES string of the molecule is O=C(COc1cccnc1[N+](=O)[O-])NC(=O)c1cccs1. The lowest BCUT2D eigenvalue weighted by atomic mass is 10.4. The van der Waals surface area contributed by atoms with E-state index in [1.54, 1.807) is 17.5 Å². The van der Waals surface area contributed by atoms with Crippen molar-refractivity contribution in [2.24, 2.45) is 0 Å². The van der Waals surface area contributed by atoms with Crippen LogP contribution in [0, 0.1) is 10.1 Å². The molecule has 0 spiro atoms. The number of thiophene rings is 1. The van der Waals surface area contributed by atoms with Crippen molar-refractivity contribution in [2.45, 2.75) is 0 Å². The quantitative estimate of drug-likeness (QED) is 0.660. The fourth-order valence-electron chi connectivity index (χ4n) is 1.41. The lowest BCUT2D eigenvalue weighted by Crippen LogP contribution is -2.34. The number of nitrogens with zero attached hydrogens (tertiary/aromatic N) is 2. The molecule has 2 aromatic heterocycles. The highest BCUT2D eigenvalue weighted by atomic mass is 32.1. The predicted molar refractivity (Wildman–Crippen MR) is 73.2 cm³/mol. The van der Waals surface area contributed by atoms with Crippen LogP contribution >= 0.6 is 11.3 Å². The van der Waals surface area contributed by atoms with E-state index in [4.69, 9.17) is 4.74 Å². The van der Waals surface area contributed by atoms with E-state index in [9.17, 15) is 19.7 Å². The summed E-state index contributed by atoms with van der Waals surface area (Å²) in [6.07, 6.45) is 1.24. The maximum Gasteiger partial charge on any atom is 0.406 e. The van der Waals surface area contributed by atoms with Crippen LogP contribution in [0.1, 0.15) is 9.67 Å². The van der Waals surface area contributed by atoms with Crippen LogP contribution in [0.4, 0.5) is 5.82 Å². The van der Waals surface area contributed by atoms with Gasteiger partial charge in [-0.15, -0.1) is 11.3 Å². The molecule has 0 aromatic carbocycles. The summed E-state index contributed by atoms with van der Waals surface area (Å²) in [5.74, 6) is -1.87. The standard InChI is InChI=1S/C12H9N3O5S/c16-10(14-12(17)9-4-2-6-21-9)7-20-8-3-1-5-13-11(8)15(18)19/h1-6H,7H2,(H,14,16,17). The molecule has 8 nitrogen and oxygen atoms in total. The molecule has 0 bridgehead atoms. The molecule has 0 aliphatic heterocycles. The summed E-state index contributed by atoms with van der Waals surface area (Å²) in [4.78, 5) is 37.1. The second-order valence-electron chi connectivity index (χ2n) is 3.73. The molecule has 21 heavy (non-hydrogen) atoms. The Labute approximate surface area is 122 Å². The molecule has 2 heterocycles. The van der Waals surface area contributed by atoms with Gasteiger partial charge in [0.05, 0.1) is 4.88 Å². The number of imide groups is 1. The third-order valence-corrected chi connectivity index (χ3v) is 3.15. The maximum absolute atomic E-state index is 11.6. The zero-order valence-corrected chi connectivity index (χ0v) is 11.3. The van der Waals surface area contributed by atoms with E-state index in [-0.39, 0.29) is 5.75 Å². The number of amides is 2. The van der Waals surface area contributed by atoms with E-state index in [0.29, 0.717) is 4.88 Å². The summed E-state index contributed by atoms with van der Waals surface area (Å²) < 4.78 is 5.01. The van der Waals surface area contributed by atoms with Gasteiger partial charge in [-0.2, -0.15) is 0 Å². The Morgan fingerprint density at radius 3 is 2.86 bits per heavy atom. The molecule has 2 amide bonds. The van der Waals surface area contributed by atoms with Crippen molar-refractivity contribution in [2.75, 3.05) is 6.61 Å². The molecular formula is C12H9N3O5S. The predicted octanol–water partition coefficient (Wildman–Crippen LogP) is 1.39. The number of carbonyl (C=O) groups excluding carboxylic acids is 2. The lowest BCUT2D eigenvalue weighted by molar-refractivity contribution is -0.390. The van der Waals surface area contributed by atoms with Crippen molar-refractivity contribution in [3.05, 3.63) is 50.8 Å². The molecule has 2 rings (SSSR count). The van der Waals surface area contributed by atoms with Gasteiger partial charge in [0.1, 0.15) is 6.20 Å². The van der Waals surface area contributed by atoms with Gasteiger partial charge < -0.3 is 14.9 Å². The van der Waals surface area contributed by atoms with E-state index in [0.717, 1.165) is 0 Å². The molecule has 0 saturated heterocycles. The van der Waals surface area contributed by atoms with E-state index < -0.39 is 29.2 Å². The maximum atomic E-state index is 11.6. The molecular weight excluding hydrogens is 298 g/mol. The van der Waals surface area contributed by atoms with Crippen LogP contribution in [0.5, 0.6) is 5.75 Å². The average molecular weight is 307 g/mol. The summed E-state index contributed by atoms with van der Waals surface area (Å²) in [7, 11) is 0. The minimum absolute atomic E-state index is 0.138. The Morgan fingerprint density at radius 1 is 1.38 bits per heavy atom. The first kappa shape index (κ1) is 14.6. The van der Waals surface area contributed by atoms with Crippen LogP contribution in [-0.2, 0) is 4.79 Å². The van der Waals surface area contributed by atoms with Gasteiger partial charge in [0.15, 0.2) is 6.61 Å². The largest absolute Gasteiger partial charge is 0.476 e. The number of ether oxygens (including phenoxy) is 1. The first-order valence-electron chi connectivity index (χ1n) is 5.68. The van der Waals surface area contributed by atoms with E-state index in [1.807, 2.05) is 0 Å². The summed E-state index contributed by atoms with van der Waals surface area (Å²) >= 11 is 1.19. The molecule has 0 radical (unpaired) electrons. The Hall–Kier alpha value is -2.81. The van der Waals surface area contributed by atoms with Gasteiger partial charge in [0.2, 0.25) is 5.75 Å². The monoisotopic (exact) mass is 307 g/mol. The number of rotatable bonds is 5. The van der Waals surface area contributed by atoms with Crippen molar-refractivity contribution < 1.29 is 19.2 Å². The second-order valence-corrected chi connectivity index (χ2v) is 4.67. The first-order chi connectivity index (χ1) is 10.1. The number of nitro groups is 1. The molecule has 0 atom stereocenters. The molecule has 0 unspecified atom stereocenters. The topological polar surface area (TPSA) is 111 Å². The highest BCUT2D eigenvalue weighted by molar-refractivity contribution is 7.12. The summed E-state index contributed by atoms with van der Waals surface area (Å²) in [6.45, 7) is -0.524. The van der Waals surface area contributed by atoms with E-state index in [2.05, 4.69) is 10.3 Å². The van der Waals surface area contributed by atoms with Crippen LogP contribution < -0.4 is 10.1 Å². The number of nitrogens with one attached hydrogen (secondary N) is 1. The normalized spacial score (nSPS) is 9.90. The average Bonchev–Trinajstić information content (AvgIpc) is 2.99. The number of pyridine rings is 1. The fourth-order valence-corrected chi connectivity index (χ4v) is 2.03. The Bertz CT molecular complexity index is 671. The number of aromatic nitrogens is 1. The lowest BCUT2D eigenvalue weighted by Gasteiger charge is -2.05. The Kier molecular flexibility index (Phi) is 4.57. The van der Waals surface area contributed by atoms with Crippen LogP contribution in [0.2, 0.25) is 0 Å². The second kappa shape index (κ2) is 6.57. The number of hydrogen-bond acceptors (Lipinski definition) is 7. The number of carbonyl (C=O) groups is 2. The van der Waals surface area contributed by atoms with Gasteiger partial charge in [-0.05, 0) is 33.5 Å². The Morgan fingerprint density at radius 2 is 2.19 bits per heavy atom. The van der Waals surface area contributed by atoms with Gasteiger partial charge >= 0.3 is 5.82 Å². The molecule has 0 aliphatic rings. The van der Waals surface area contributed by atoms with Crippen LogP contribution in [0.3, 0.4) is 0 Å².